The van der Waals surface area contributed by atoms with E-state index in [1.165, 1.54) is 21.1 Å². The molecule has 0 bridgehead atoms. The smallest absolute Gasteiger partial charge is 0.295 e. The molecular weight excluding hydrogens is 500 g/mol. The molecule has 1 N–H and O–H groups in total. The zero-order valence-electron chi connectivity index (χ0n) is 20.0. The summed E-state index contributed by atoms with van der Waals surface area (Å²) in [5, 5.41) is 3.17. The van der Waals surface area contributed by atoms with Crippen molar-refractivity contribution >= 4 is 38.9 Å². The number of hydrogen-bond donors (Lipinski definition) is 1. The van der Waals surface area contributed by atoms with E-state index in [1.54, 1.807) is 67.2 Å². The van der Waals surface area contributed by atoms with Crippen LogP contribution in [0, 0.1) is 6.92 Å². The van der Waals surface area contributed by atoms with Crippen molar-refractivity contribution in [2.24, 2.45) is 7.05 Å². The van der Waals surface area contributed by atoms with Crippen LogP contribution in [0.3, 0.4) is 0 Å². The molecule has 0 spiro atoms. The number of benzene rings is 3. The average molecular weight is 525 g/mol. The molecule has 8 nitrogen and oxygen atoms in total. The zero-order chi connectivity index (χ0) is 26.0. The number of halogens is 1. The van der Waals surface area contributed by atoms with E-state index >= 15 is 0 Å². The fourth-order valence-electron chi connectivity index (χ4n) is 3.86. The number of amides is 1. The summed E-state index contributed by atoms with van der Waals surface area (Å²) >= 11 is 6.22. The molecular formula is C26H25ClN4O4S. The highest BCUT2D eigenvalue weighted by Crippen LogP contribution is 2.25. The van der Waals surface area contributed by atoms with Gasteiger partial charge in [0.05, 0.1) is 29.9 Å². The number of nitrogens with one attached hydrogen (secondary N) is 1. The lowest BCUT2D eigenvalue weighted by molar-refractivity contribution is 0.102. The first kappa shape index (κ1) is 25.3. The van der Waals surface area contributed by atoms with Crippen molar-refractivity contribution in [1.29, 1.82) is 0 Å². The molecule has 4 aromatic rings. The van der Waals surface area contributed by atoms with Gasteiger partial charge in [-0.05, 0) is 55.0 Å². The summed E-state index contributed by atoms with van der Waals surface area (Å²) in [4.78, 5) is 26.0. The van der Waals surface area contributed by atoms with E-state index in [9.17, 15) is 18.0 Å². The monoisotopic (exact) mass is 524 g/mol. The summed E-state index contributed by atoms with van der Waals surface area (Å²) in [5.74, 6) is -0.482. The molecule has 36 heavy (non-hydrogen) atoms. The second kappa shape index (κ2) is 10.0. The first-order chi connectivity index (χ1) is 17.1. The predicted molar refractivity (Wildman–Crippen MR) is 143 cm³/mol. The van der Waals surface area contributed by atoms with Gasteiger partial charge in [0, 0.05) is 17.6 Å². The van der Waals surface area contributed by atoms with E-state index in [2.05, 4.69) is 5.32 Å². The van der Waals surface area contributed by atoms with Gasteiger partial charge in [0.15, 0.2) is 0 Å². The molecule has 3 aromatic carbocycles. The van der Waals surface area contributed by atoms with Crippen LogP contribution in [0.1, 0.15) is 21.6 Å². The molecule has 10 heteroatoms. The van der Waals surface area contributed by atoms with Gasteiger partial charge in [0.1, 0.15) is 5.69 Å². The predicted octanol–water partition coefficient (Wildman–Crippen LogP) is 4.36. The Morgan fingerprint density at radius 2 is 1.58 bits per heavy atom. The van der Waals surface area contributed by atoms with Crippen LogP contribution in [0.2, 0.25) is 5.02 Å². The number of para-hydroxylation sites is 1. The average Bonchev–Trinajstić information content (AvgIpc) is 3.06. The molecule has 0 aliphatic rings. The third-order valence-electron chi connectivity index (χ3n) is 5.88. The highest BCUT2D eigenvalue weighted by molar-refractivity contribution is 7.92. The van der Waals surface area contributed by atoms with Gasteiger partial charge in [0.2, 0.25) is 10.0 Å². The van der Waals surface area contributed by atoms with Gasteiger partial charge in [0.25, 0.3) is 11.5 Å². The molecule has 4 rings (SSSR count). The molecule has 0 saturated heterocycles. The van der Waals surface area contributed by atoms with Gasteiger partial charge in [-0.3, -0.25) is 18.6 Å². The number of rotatable bonds is 7. The molecule has 186 valence electrons. The number of hydrogen-bond acceptors (Lipinski definition) is 4. The Kier molecular flexibility index (Phi) is 7.05. The number of carbonyl (C=O) groups excluding carboxylic acids is 1. The highest BCUT2D eigenvalue weighted by atomic mass is 35.5. The van der Waals surface area contributed by atoms with Crippen LogP contribution in [0.5, 0.6) is 0 Å². The molecule has 0 aliphatic heterocycles. The normalized spacial score (nSPS) is 11.3. The van der Waals surface area contributed by atoms with E-state index in [0.717, 1.165) is 6.26 Å². The lowest BCUT2D eigenvalue weighted by atomic mass is 10.1. The zero-order valence-corrected chi connectivity index (χ0v) is 21.5. The van der Waals surface area contributed by atoms with Crippen LogP contribution in [0.4, 0.5) is 11.4 Å². The van der Waals surface area contributed by atoms with Crippen molar-refractivity contribution in [3.8, 4) is 5.69 Å². The Bertz CT molecular complexity index is 1580. The van der Waals surface area contributed by atoms with E-state index in [-0.39, 0.29) is 23.4 Å². The molecule has 1 aromatic heterocycles. The Morgan fingerprint density at radius 3 is 2.19 bits per heavy atom. The van der Waals surface area contributed by atoms with Gasteiger partial charge in [-0.15, -0.1) is 0 Å². The van der Waals surface area contributed by atoms with Crippen LogP contribution in [0.15, 0.2) is 83.7 Å². The first-order valence-electron chi connectivity index (χ1n) is 11.0. The number of carbonyl (C=O) groups is 1. The molecule has 1 heterocycles. The van der Waals surface area contributed by atoms with Crippen LogP contribution >= 0.6 is 11.6 Å². The maximum absolute atomic E-state index is 13.1. The summed E-state index contributed by atoms with van der Waals surface area (Å²) in [6.07, 6.45) is 1.11. The van der Waals surface area contributed by atoms with Crippen LogP contribution in [-0.2, 0) is 23.6 Å². The molecule has 0 aliphatic carbocycles. The Balaban J connectivity index is 1.59. The fourth-order valence-corrected chi connectivity index (χ4v) is 4.93. The molecule has 0 radical (unpaired) electrons. The van der Waals surface area contributed by atoms with Gasteiger partial charge in [-0.1, -0.05) is 48.0 Å². The molecule has 1 amide bonds. The Morgan fingerprint density at radius 1 is 0.972 bits per heavy atom. The molecule has 0 unspecified atom stereocenters. The second-order valence-electron chi connectivity index (χ2n) is 8.30. The lowest BCUT2D eigenvalue weighted by Gasteiger charge is -2.23. The van der Waals surface area contributed by atoms with Crippen LogP contribution < -0.4 is 15.2 Å². The van der Waals surface area contributed by atoms with E-state index in [4.69, 9.17) is 11.6 Å². The van der Waals surface area contributed by atoms with Crippen molar-refractivity contribution in [2.75, 3.05) is 15.9 Å². The SMILES string of the molecule is Cc1c(NC(=O)c2ccc(N(Cc3ccccc3Cl)S(C)(=O)=O)cc2)c(=O)n(-c2ccccc2)n1C. The number of nitrogens with zero attached hydrogens (tertiary/aromatic N) is 3. The number of sulfonamides is 1. The van der Waals surface area contributed by atoms with Crippen LogP contribution in [-0.4, -0.2) is 29.9 Å². The molecule has 0 saturated carbocycles. The quantitative estimate of drug-likeness (QED) is 0.389. The summed E-state index contributed by atoms with van der Waals surface area (Å²) in [7, 11) is -1.88. The fraction of sp³-hybridized carbons (Fsp3) is 0.154. The standard InChI is InChI=1S/C26H25ClN4O4S/c1-18-24(26(33)31(29(18)2)22-10-5-4-6-11-22)28-25(32)19-13-15-21(16-14-19)30(36(3,34)35)17-20-9-7-8-12-23(20)27/h4-16H,17H2,1-3H3,(H,28,32). The Hall–Kier alpha value is -3.82. The van der Waals surface area contributed by atoms with Crippen molar-refractivity contribution in [2.45, 2.75) is 13.5 Å². The maximum Gasteiger partial charge on any atom is 0.295 e. The summed E-state index contributed by atoms with van der Waals surface area (Å²) in [6, 6.07) is 22.3. The number of anilines is 2. The van der Waals surface area contributed by atoms with Gasteiger partial charge in [-0.2, -0.15) is 0 Å². The first-order valence-corrected chi connectivity index (χ1v) is 13.3. The minimum atomic E-state index is -3.63. The van der Waals surface area contributed by atoms with E-state index in [1.807, 2.05) is 18.2 Å². The van der Waals surface area contributed by atoms with E-state index in [0.29, 0.717) is 27.7 Å². The van der Waals surface area contributed by atoms with Crippen molar-refractivity contribution < 1.29 is 13.2 Å². The summed E-state index contributed by atoms with van der Waals surface area (Å²) < 4.78 is 29.4. The molecule has 0 fully saturated rings. The molecule has 0 atom stereocenters. The van der Waals surface area contributed by atoms with Gasteiger partial charge >= 0.3 is 0 Å². The highest BCUT2D eigenvalue weighted by Gasteiger charge is 2.21. The van der Waals surface area contributed by atoms with Crippen molar-refractivity contribution in [3.05, 3.63) is 111 Å². The minimum Gasteiger partial charge on any atom is -0.316 e. The lowest BCUT2D eigenvalue weighted by Crippen LogP contribution is -2.29. The summed E-state index contributed by atoms with van der Waals surface area (Å²) in [5.41, 5.74) is 2.41. The number of aromatic nitrogens is 2. The summed E-state index contributed by atoms with van der Waals surface area (Å²) in [6.45, 7) is 1.80. The second-order valence-corrected chi connectivity index (χ2v) is 10.6. The van der Waals surface area contributed by atoms with Gasteiger partial charge in [-0.25, -0.2) is 13.1 Å². The van der Waals surface area contributed by atoms with Gasteiger partial charge < -0.3 is 5.32 Å². The third kappa shape index (κ3) is 5.07. The topological polar surface area (TPSA) is 93.4 Å². The largest absolute Gasteiger partial charge is 0.316 e. The van der Waals surface area contributed by atoms with Crippen molar-refractivity contribution in [3.63, 3.8) is 0 Å². The van der Waals surface area contributed by atoms with Crippen LogP contribution in [0.25, 0.3) is 5.69 Å². The minimum absolute atomic E-state index is 0.0479. The Labute approximate surface area is 214 Å². The van der Waals surface area contributed by atoms with Crippen molar-refractivity contribution in [1.82, 2.24) is 9.36 Å². The third-order valence-corrected chi connectivity index (χ3v) is 7.39. The van der Waals surface area contributed by atoms with E-state index < -0.39 is 15.9 Å². The maximum atomic E-state index is 13.1.